The second-order valence-electron chi connectivity index (χ2n) is 7.58. The van der Waals surface area contributed by atoms with Crippen molar-refractivity contribution in [3.05, 3.63) is 50.6 Å². The number of rotatable bonds is 2. The monoisotopic (exact) mass is 557 g/mol. The van der Waals surface area contributed by atoms with E-state index in [1.54, 1.807) is 30.5 Å². The lowest BCUT2D eigenvalue weighted by Crippen LogP contribution is -2.41. The van der Waals surface area contributed by atoms with Crippen LogP contribution in [0, 0.1) is 0 Å². The molecule has 0 amide bonds. The molecule has 2 N–H and O–H groups in total. The van der Waals surface area contributed by atoms with Gasteiger partial charge in [0.2, 0.25) is 5.78 Å². The molecule has 6 rings (SSSR count). The van der Waals surface area contributed by atoms with Crippen molar-refractivity contribution in [1.29, 1.82) is 0 Å². The van der Waals surface area contributed by atoms with E-state index in [1.807, 2.05) is 0 Å². The summed E-state index contributed by atoms with van der Waals surface area (Å²) in [6.45, 7) is -0.301. The molecule has 172 valence electrons. The lowest BCUT2D eigenvalue weighted by molar-refractivity contribution is -0.245. The summed E-state index contributed by atoms with van der Waals surface area (Å²) >= 11 is 9.23. The van der Waals surface area contributed by atoms with Gasteiger partial charge in [-0.05, 0) is 33.6 Å². The average Bonchev–Trinajstić information content (AvgIpc) is 3.43. The van der Waals surface area contributed by atoms with E-state index in [9.17, 15) is 19.4 Å². The van der Waals surface area contributed by atoms with Crippen molar-refractivity contribution in [3.63, 3.8) is 0 Å². The predicted octanol–water partition coefficient (Wildman–Crippen LogP) is 1.71. The number of fused-ring (bicyclic) bond motifs is 3. The van der Waals surface area contributed by atoms with E-state index in [-0.39, 0.29) is 29.7 Å². The minimum absolute atomic E-state index is 0. The number of hydrogen-bond donors (Lipinski definition) is 2. The molecule has 1 aromatic carbocycles. The van der Waals surface area contributed by atoms with Gasteiger partial charge in [-0.15, -0.1) is 0 Å². The zero-order valence-corrected chi connectivity index (χ0v) is 19.5. The van der Waals surface area contributed by atoms with E-state index < -0.39 is 37.9 Å². The molecule has 3 unspecified atom stereocenters. The number of nitrogens with one attached hydrogen (secondary N) is 1. The number of ether oxygens (including phenoxy) is 1. The Kier molecular flexibility index (Phi) is 4.84. The van der Waals surface area contributed by atoms with E-state index >= 15 is 0 Å². The second kappa shape index (κ2) is 7.45. The predicted molar refractivity (Wildman–Crippen MR) is 117 cm³/mol. The molecule has 2 fully saturated rings. The van der Waals surface area contributed by atoms with Crippen molar-refractivity contribution in [1.82, 2.24) is 23.9 Å². The van der Waals surface area contributed by atoms with Crippen LogP contribution in [0.3, 0.4) is 0 Å². The lowest BCUT2D eigenvalue weighted by Gasteiger charge is -2.34. The fourth-order valence-corrected chi connectivity index (χ4v) is 5.67. The molecule has 5 atom stereocenters. The summed E-state index contributed by atoms with van der Waals surface area (Å²) in [6.07, 6.45) is -2.91. The van der Waals surface area contributed by atoms with Gasteiger partial charge < -0.3 is 28.8 Å². The van der Waals surface area contributed by atoms with Crippen molar-refractivity contribution in [2.45, 2.75) is 24.5 Å². The van der Waals surface area contributed by atoms with Crippen LogP contribution in [0.15, 0.2) is 40.0 Å². The smallest absolute Gasteiger partial charge is 0.756 e. The second-order valence-corrected chi connectivity index (χ2v) is 10.1. The Balaban J connectivity index is 0.00000241. The van der Waals surface area contributed by atoms with Gasteiger partial charge in [0.25, 0.3) is 13.4 Å². The first-order valence-electron chi connectivity index (χ1n) is 9.64. The van der Waals surface area contributed by atoms with Crippen molar-refractivity contribution < 1.29 is 29.8 Å². The molecule has 0 bridgehead atoms. The van der Waals surface area contributed by atoms with Gasteiger partial charge in [-0.2, -0.15) is 4.98 Å². The van der Waals surface area contributed by atoms with Crippen molar-refractivity contribution in [3.8, 4) is 11.3 Å². The third kappa shape index (κ3) is 3.39. The molecule has 3 aromatic heterocycles. The molecule has 2 aliphatic rings. The zero-order valence-electron chi connectivity index (χ0n) is 17.3. The Morgan fingerprint density at radius 1 is 1.33 bits per heavy atom. The van der Waals surface area contributed by atoms with Gasteiger partial charge in [0.05, 0.1) is 12.3 Å². The molecule has 4 aromatic rings. The molecule has 15 heteroatoms. The van der Waals surface area contributed by atoms with Gasteiger partial charge in [-0.25, -0.2) is 9.38 Å². The number of benzene rings is 1. The SMILES string of the molecule is O=c1c2nc(Br)n([C@@H]3OC4COP(=O)([O-])O[C@H]4C3O)c2nc2[nH]c(-c3ccc(Cl)cc3)cn12.[H+]. The number of aromatic amines is 1. The van der Waals surface area contributed by atoms with Crippen LogP contribution in [0.25, 0.3) is 28.2 Å². The van der Waals surface area contributed by atoms with E-state index in [0.29, 0.717) is 10.7 Å². The molecular weight excluding hydrogens is 545 g/mol. The first kappa shape index (κ1) is 21.4. The summed E-state index contributed by atoms with van der Waals surface area (Å²) in [6, 6.07) is 7.06. The van der Waals surface area contributed by atoms with Crippen LogP contribution in [0.5, 0.6) is 0 Å². The molecule has 33 heavy (non-hydrogen) atoms. The first-order chi connectivity index (χ1) is 15.7. The Morgan fingerprint density at radius 3 is 2.85 bits per heavy atom. The number of phosphoric acid groups is 1. The summed E-state index contributed by atoms with van der Waals surface area (Å²) in [5, 5.41) is 11.3. The van der Waals surface area contributed by atoms with Gasteiger partial charge in [0.1, 0.15) is 18.3 Å². The number of phosphoric ester groups is 1. The van der Waals surface area contributed by atoms with Crippen molar-refractivity contribution >= 4 is 52.3 Å². The van der Waals surface area contributed by atoms with Crippen molar-refractivity contribution in [2.24, 2.45) is 0 Å². The van der Waals surface area contributed by atoms with Gasteiger partial charge in [0, 0.05) is 11.2 Å². The van der Waals surface area contributed by atoms with Crippen molar-refractivity contribution in [2.75, 3.05) is 6.61 Å². The van der Waals surface area contributed by atoms with E-state index in [1.165, 1.54) is 8.97 Å². The minimum Gasteiger partial charge on any atom is -0.756 e. The van der Waals surface area contributed by atoms with Gasteiger partial charge >= 0.3 is 1.43 Å². The summed E-state index contributed by atoms with van der Waals surface area (Å²) in [5.74, 6) is 0.236. The molecule has 0 aliphatic carbocycles. The fraction of sp³-hybridized carbons (Fsp3) is 0.278. The Hall–Kier alpha value is -2.09. The number of aliphatic hydroxyl groups is 1. The Morgan fingerprint density at radius 2 is 2.09 bits per heavy atom. The largest absolute Gasteiger partial charge is 1.00 e. The van der Waals surface area contributed by atoms with Crippen LogP contribution in [-0.2, 0) is 18.3 Å². The standard InChI is InChI=1S/C18H14BrClN5O7P/c19-17-22-11-14(25(17)16-12(26)13-10(31-16)6-30-33(28,29)32-13)23-18-21-9(5-24(18)15(11)27)7-1-3-8(20)4-2-7/h1-5,10,12-13,16,26H,6H2,(H,21,23)(H,28,29)/t10?,12?,13-,16-/m1/s1. The highest BCUT2D eigenvalue weighted by atomic mass is 79.9. The molecule has 0 radical (unpaired) electrons. The number of halogens is 2. The molecule has 2 saturated heterocycles. The number of hydrogen-bond acceptors (Lipinski definition) is 9. The third-order valence-corrected chi connectivity index (χ3v) is 7.35. The maximum Gasteiger partial charge on any atom is 1.00 e. The van der Waals surface area contributed by atoms with Crippen LogP contribution in [-0.4, -0.2) is 53.9 Å². The number of nitrogens with zero attached hydrogens (tertiary/aromatic N) is 4. The highest BCUT2D eigenvalue weighted by molar-refractivity contribution is 9.10. The molecule has 12 nitrogen and oxygen atoms in total. The Labute approximate surface area is 198 Å². The van der Waals surface area contributed by atoms with Gasteiger partial charge in [0.15, 0.2) is 22.1 Å². The number of aliphatic hydroxyl groups excluding tert-OH is 1. The normalized spacial score (nSPS) is 29.7. The van der Waals surface area contributed by atoms with Crippen LogP contribution >= 0.6 is 35.4 Å². The van der Waals surface area contributed by atoms with Gasteiger partial charge in [-0.1, -0.05) is 23.7 Å². The summed E-state index contributed by atoms with van der Waals surface area (Å²) < 4.78 is 29.9. The molecule has 0 spiro atoms. The van der Waals surface area contributed by atoms with Crippen LogP contribution < -0.4 is 10.5 Å². The highest BCUT2D eigenvalue weighted by Gasteiger charge is 2.51. The van der Waals surface area contributed by atoms with Gasteiger partial charge in [-0.3, -0.25) is 13.9 Å². The minimum atomic E-state index is -4.54. The molecule has 0 saturated carbocycles. The quantitative estimate of drug-likeness (QED) is 0.276. The maximum atomic E-state index is 13.1. The van der Waals surface area contributed by atoms with E-state index in [0.717, 1.165) is 5.56 Å². The lowest BCUT2D eigenvalue weighted by atomic mass is 10.1. The average molecular weight is 559 g/mol. The summed E-state index contributed by atoms with van der Waals surface area (Å²) in [7, 11) is -4.54. The zero-order chi connectivity index (χ0) is 23.1. The Bertz CT molecular complexity index is 1530. The molecule has 5 heterocycles. The third-order valence-electron chi connectivity index (χ3n) is 5.58. The maximum absolute atomic E-state index is 13.1. The summed E-state index contributed by atoms with van der Waals surface area (Å²) in [5.41, 5.74) is 1.14. The van der Waals surface area contributed by atoms with Crippen LogP contribution in [0.4, 0.5) is 0 Å². The first-order valence-corrected chi connectivity index (χ1v) is 12.3. The van der Waals surface area contributed by atoms with Crippen LogP contribution in [0.1, 0.15) is 7.65 Å². The fourth-order valence-electron chi connectivity index (χ4n) is 4.05. The number of aromatic nitrogens is 5. The topological polar surface area (TPSA) is 156 Å². The van der Waals surface area contributed by atoms with E-state index in [4.69, 9.17) is 20.9 Å². The highest BCUT2D eigenvalue weighted by Crippen LogP contribution is 2.50. The number of H-pyrrole nitrogens is 1. The molecule has 2 aliphatic heterocycles. The van der Waals surface area contributed by atoms with E-state index in [2.05, 4.69) is 35.4 Å². The molecular formula is C18H14BrClN5O7P. The number of imidazole rings is 2. The summed E-state index contributed by atoms with van der Waals surface area (Å²) in [4.78, 5) is 36.7. The van der Waals surface area contributed by atoms with Crippen LogP contribution in [0.2, 0.25) is 5.02 Å².